The summed E-state index contributed by atoms with van der Waals surface area (Å²) in [5.41, 5.74) is 5.48. The van der Waals surface area contributed by atoms with Gasteiger partial charge in [0.2, 0.25) is 5.91 Å². The van der Waals surface area contributed by atoms with Crippen molar-refractivity contribution in [2.75, 3.05) is 16.8 Å². The average molecular weight is 356 g/mol. The van der Waals surface area contributed by atoms with Gasteiger partial charge in [-0.15, -0.1) is 11.8 Å². The van der Waals surface area contributed by atoms with Crippen molar-refractivity contribution < 1.29 is 9.18 Å². The first-order valence-corrected chi connectivity index (χ1v) is 7.41. The van der Waals surface area contributed by atoms with Crippen molar-refractivity contribution in [2.45, 2.75) is 4.90 Å². The highest BCUT2D eigenvalue weighted by atomic mass is 79.9. The molecule has 104 valence electrons. The van der Waals surface area contributed by atoms with E-state index in [9.17, 15) is 9.18 Å². The van der Waals surface area contributed by atoms with Crippen molar-refractivity contribution in [1.29, 1.82) is 0 Å². The molecule has 4 nitrogen and oxygen atoms in total. The number of nitrogens with one attached hydrogen (secondary N) is 1. The minimum Gasteiger partial charge on any atom is -0.396 e. The number of halogens is 2. The van der Waals surface area contributed by atoms with E-state index in [1.807, 2.05) is 0 Å². The van der Waals surface area contributed by atoms with Crippen LogP contribution in [0.3, 0.4) is 0 Å². The summed E-state index contributed by atoms with van der Waals surface area (Å²) >= 11 is 4.49. The van der Waals surface area contributed by atoms with Crippen LogP contribution in [0, 0.1) is 5.82 Å². The fraction of sp³-hybridized carbons (Fsp3) is 0.0769. The monoisotopic (exact) mass is 355 g/mol. The molecule has 0 radical (unpaired) electrons. The zero-order chi connectivity index (χ0) is 14.5. The number of hydrogen-bond donors (Lipinski definition) is 2. The van der Waals surface area contributed by atoms with Gasteiger partial charge in [0.25, 0.3) is 0 Å². The summed E-state index contributed by atoms with van der Waals surface area (Å²) in [4.78, 5) is 16.4. The third kappa shape index (κ3) is 4.21. The van der Waals surface area contributed by atoms with Gasteiger partial charge in [-0.05, 0) is 46.3 Å². The van der Waals surface area contributed by atoms with E-state index in [1.165, 1.54) is 23.9 Å². The first-order valence-electron chi connectivity index (χ1n) is 5.64. The Morgan fingerprint density at radius 1 is 1.40 bits per heavy atom. The SMILES string of the molecule is Nc1ccc(SCC(=O)Nc2ccc(Br)cn2)cc1F. The Morgan fingerprint density at radius 3 is 2.85 bits per heavy atom. The van der Waals surface area contributed by atoms with Crippen LogP contribution in [0.4, 0.5) is 15.9 Å². The van der Waals surface area contributed by atoms with Crippen molar-refractivity contribution >= 4 is 45.1 Å². The number of nitrogens with zero attached hydrogens (tertiary/aromatic N) is 1. The predicted molar refractivity (Wildman–Crippen MR) is 82.1 cm³/mol. The third-order valence-electron chi connectivity index (χ3n) is 2.34. The van der Waals surface area contributed by atoms with E-state index in [2.05, 4.69) is 26.2 Å². The highest BCUT2D eigenvalue weighted by Gasteiger charge is 2.06. The Balaban J connectivity index is 1.88. The van der Waals surface area contributed by atoms with Crippen LogP contribution in [0.25, 0.3) is 0 Å². The average Bonchev–Trinajstić information content (AvgIpc) is 2.43. The molecule has 2 rings (SSSR count). The van der Waals surface area contributed by atoms with Crippen molar-refractivity contribution in [3.63, 3.8) is 0 Å². The summed E-state index contributed by atoms with van der Waals surface area (Å²) in [5.74, 6) is -0.0458. The van der Waals surface area contributed by atoms with Crippen molar-refractivity contribution in [3.8, 4) is 0 Å². The van der Waals surface area contributed by atoms with E-state index in [4.69, 9.17) is 5.73 Å². The van der Waals surface area contributed by atoms with E-state index in [-0.39, 0.29) is 17.3 Å². The lowest BCUT2D eigenvalue weighted by molar-refractivity contribution is -0.113. The number of nitrogens with two attached hydrogens (primary N) is 1. The molecule has 0 aliphatic rings. The first kappa shape index (κ1) is 14.8. The zero-order valence-electron chi connectivity index (χ0n) is 10.3. The molecule has 20 heavy (non-hydrogen) atoms. The van der Waals surface area contributed by atoms with E-state index in [1.54, 1.807) is 24.4 Å². The fourth-order valence-corrected chi connectivity index (χ4v) is 2.33. The third-order valence-corrected chi connectivity index (χ3v) is 3.80. The Hall–Kier alpha value is -1.60. The molecule has 0 atom stereocenters. The molecule has 1 aromatic carbocycles. The molecule has 0 saturated heterocycles. The van der Waals surface area contributed by atoms with Crippen LogP contribution in [-0.4, -0.2) is 16.6 Å². The number of amides is 1. The van der Waals surface area contributed by atoms with Crippen LogP contribution < -0.4 is 11.1 Å². The number of aromatic nitrogens is 1. The van der Waals surface area contributed by atoms with Crippen LogP contribution in [0.1, 0.15) is 0 Å². The molecule has 1 amide bonds. The lowest BCUT2D eigenvalue weighted by atomic mass is 10.3. The van der Waals surface area contributed by atoms with Crippen LogP contribution in [0.15, 0.2) is 45.9 Å². The molecule has 2 aromatic rings. The van der Waals surface area contributed by atoms with Crippen molar-refractivity contribution in [2.24, 2.45) is 0 Å². The van der Waals surface area contributed by atoms with E-state index < -0.39 is 5.82 Å². The number of rotatable bonds is 4. The second-order valence-electron chi connectivity index (χ2n) is 3.88. The number of benzene rings is 1. The van der Waals surface area contributed by atoms with Gasteiger partial charge in [0.15, 0.2) is 0 Å². The Labute approximate surface area is 128 Å². The maximum Gasteiger partial charge on any atom is 0.235 e. The Morgan fingerprint density at radius 2 is 2.20 bits per heavy atom. The van der Waals surface area contributed by atoms with E-state index in [0.717, 1.165) is 4.47 Å². The first-order chi connectivity index (χ1) is 9.54. The normalized spacial score (nSPS) is 10.3. The predicted octanol–water partition coefficient (Wildman–Crippen LogP) is 3.30. The molecular weight excluding hydrogens is 345 g/mol. The van der Waals surface area contributed by atoms with Gasteiger partial charge < -0.3 is 11.1 Å². The van der Waals surface area contributed by atoms with Crippen molar-refractivity contribution in [1.82, 2.24) is 4.98 Å². The number of carbonyl (C=O) groups excluding carboxylic acids is 1. The minimum absolute atomic E-state index is 0.0952. The lowest BCUT2D eigenvalue weighted by Crippen LogP contribution is -2.14. The molecule has 7 heteroatoms. The molecule has 1 aromatic heterocycles. The fourth-order valence-electron chi connectivity index (χ4n) is 1.38. The van der Waals surface area contributed by atoms with Crippen LogP contribution >= 0.6 is 27.7 Å². The molecule has 3 N–H and O–H groups in total. The number of pyridine rings is 1. The van der Waals surface area contributed by atoms with Gasteiger partial charge in [-0.3, -0.25) is 4.79 Å². The Kier molecular flexibility index (Phi) is 4.97. The number of thioether (sulfide) groups is 1. The summed E-state index contributed by atoms with van der Waals surface area (Å²) in [5, 5.41) is 2.66. The van der Waals surface area contributed by atoms with Gasteiger partial charge >= 0.3 is 0 Å². The van der Waals surface area contributed by atoms with Crippen LogP contribution in [0.2, 0.25) is 0 Å². The highest BCUT2D eigenvalue weighted by Crippen LogP contribution is 2.22. The molecular formula is C13H11BrFN3OS. The summed E-state index contributed by atoms with van der Waals surface area (Å²) in [6, 6.07) is 7.94. The molecule has 0 saturated carbocycles. The van der Waals surface area contributed by atoms with Gasteiger partial charge in [0.1, 0.15) is 11.6 Å². The summed E-state index contributed by atoms with van der Waals surface area (Å²) in [6.07, 6.45) is 1.60. The Bertz CT molecular complexity index is 622. The lowest BCUT2D eigenvalue weighted by Gasteiger charge is -2.05. The highest BCUT2D eigenvalue weighted by molar-refractivity contribution is 9.10. The van der Waals surface area contributed by atoms with Gasteiger partial charge in [-0.1, -0.05) is 0 Å². The standard InChI is InChI=1S/C13H11BrFN3OS/c14-8-1-4-12(17-6-8)18-13(19)7-20-9-2-3-11(16)10(15)5-9/h1-6H,7,16H2,(H,17,18,19). The topological polar surface area (TPSA) is 68.0 Å². The van der Waals surface area contributed by atoms with Crippen LogP contribution in [-0.2, 0) is 4.79 Å². The molecule has 0 fully saturated rings. The van der Waals surface area contributed by atoms with E-state index >= 15 is 0 Å². The number of anilines is 2. The largest absolute Gasteiger partial charge is 0.396 e. The second-order valence-corrected chi connectivity index (χ2v) is 5.85. The van der Waals surface area contributed by atoms with Crippen LogP contribution in [0.5, 0.6) is 0 Å². The quantitative estimate of drug-likeness (QED) is 0.652. The van der Waals surface area contributed by atoms with Gasteiger partial charge in [-0.2, -0.15) is 0 Å². The minimum atomic E-state index is -0.481. The van der Waals surface area contributed by atoms with Crippen molar-refractivity contribution in [3.05, 3.63) is 46.8 Å². The smallest absolute Gasteiger partial charge is 0.235 e. The number of carbonyl (C=O) groups is 1. The van der Waals surface area contributed by atoms with Gasteiger partial charge in [0.05, 0.1) is 11.4 Å². The maximum atomic E-state index is 13.2. The molecule has 0 aliphatic heterocycles. The summed E-state index contributed by atoms with van der Waals surface area (Å²) < 4.78 is 14.1. The van der Waals surface area contributed by atoms with Gasteiger partial charge in [0, 0.05) is 15.6 Å². The second kappa shape index (κ2) is 6.71. The summed E-state index contributed by atoms with van der Waals surface area (Å²) in [7, 11) is 0. The molecule has 0 spiro atoms. The molecule has 0 aliphatic carbocycles. The van der Waals surface area contributed by atoms with E-state index in [0.29, 0.717) is 10.7 Å². The zero-order valence-corrected chi connectivity index (χ0v) is 12.7. The number of hydrogen-bond acceptors (Lipinski definition) is 4. The van der Waals surface area contributed by atoms with Gasteiger partial charge in [-0.25, -0.2) is 9.37 Å². The molecule has 0 bridgehead atoms. The molecule has 1 heterocycles. The summed E-state index contributed by atoms with van der Waals surface area (Å²) in [6.45, 7) is 0. The maximum absolute atomic E-state index is 13.2. The molecule has 0 unspecified atom stereocenters. The number of nitrogen functional groups attached to an aromatic ring is 1.